The fourth-order valence-corrected chi connectivity index (χ4v) is 2.05. The van der Waals surface area contributed by atoms with E-state index in [2.05, 4.69) is 31.9 Å². The number of methoxy groups -OCH3 is 1. The third-order valence-electron chi connectivity index (χ3n) is 3.50. The molecule has 0 aliphatic heterocycles. The first-order valence-corrected chi connectivity index (χ1v) is 6.20. The second-order valence-electron chi connectivity index (χ2n) is 4.42. The van der Waals surface area contributed by atoms with E-state index in [1.807, 2.05) is 18.2 Å². The molecule has 3 nitrogen and oxygen atoms in total. The molecule has 0 aliphatic carbocycles. The maximum absolute atomic E-state index is 5.92. The van der Waals surface area contributed by atoms with Crippen LogP contribution in [0, 0.1) is 0 Å². The molecule has 0 saturated heterocycles. The molecule has 1 aromatic rings. The van der Waals surface area contributed by atoms with E-state index < -0.39 is 0 Å². The zero-order valence-corrected chi connectivity index (χ0v) is 11.3. The van der Waals surface area contributed by atoms with E-state index in [0.717, 1.165) is 12.2 Å². The van der Waals surface area contributed by atoms with Crippen LogP contribution < -0.4 is 10.5 Å². The number of para-hydroxylation sites is 1. The van der Waals surface area contributed by atoms with Crippen molar-refractivity contribution < 1.29 is 4.74 Å². The van der Waals surface area contributed by atoms with Gasteiger partial charge in [-0.05, 0) is 26.5 Å². The van der Waals surface area contributed by atoms with Crippen LogP contribution >= 0.6 is 0 Å². The van der Waals surface area contributed by atoms with Crippen LogP contribution in [-0.4, -0.2) is 31.6 Å². The fraction of sp³-hybridized carbons (Fsp3) is 0.571. The van der Waals surface area contributed by atoms with E-state index in [1.165, 1.54) is 5.56 Å². The van der Waals surface area contributed by atoms with Gasteiger partial charge in [-0.25, -0.2) is 0 Å². The fourth-order valence-electron chi connectivity index (χ4n) is 2.05. The highest BCUT2D eigenvalue weighted by Crippen LogP contribution is 2.29. The monoisotopic (exact) mass is 236 g/mol. The minimum atomic E-state index is 0.209. The second kappa shape index (κ2) is 6.62. The Hall–Kier alpha value is -1.06. The van der Waals surface area contributed by atoms with Crippen molar-refractivity contribution in [3.63, 3.8) is 0 Å². The largest absolute Gasteiger partial charge is 0.496 e. The first-order valence-electron chi connectivity index (χ1n) is 6.20. The summed E-state index contributed by atoms with van der Waals surface area (Å²) < 4.78 is 5.41. The quantitative estimate of drug-likeness (QED) is 0.824. The number of nitrogens with two attached hydrogens (primary N) is 1. The van der Waals surface area contributed by atoms with E-state index in [-0.39, 0.29) is 6.04 Å². The molecule has 96 valence electrons. The highest BCUT2D eigenvalue weighted by atomic mass is 16.5. The molecule has 1 rings (SSSR count). The van der Waals surface area contributed by atoms with E-state index in [1.54, 1.807) is 7.11 Å². The molecular formula is C14H24N2O. The van der Waals surface area contributed by atoms with Gasteiger partial charge in [0.1, 0.15) is 5.75 Å². The maximum Gasteiger partial charge on any atom is 0.123 e. The van der Waals surface area contributed by atoms with Gasteiger partial charge in [-0.1, -0.05) is 25.1 Å². The molecule has 2 N–H and O–H groups in total. The lowest BCUT2D eigenvalue weighted by Gasteiger charge is -2.33. The Morgan fingerprint density at radius 2 is 2.00 bits per heavy atom. The van der Waals surface area contributed by atoms with Crippen LogP contribution in [0.15, 0.2) is 24.3 Å². The lowest BCUT2D eigenvalue weighted by atomic mass is 10.0. The van der Waals surface area contributed by atoms with Gasteiger partial charge in [-0.3, -0.25) is 4.90 Å². The average molecular weight is 236 g/mol. The highest BCUT2D eigenvalue weighted by molar-refractivity contribution is 5.36. The summed E-state index contributed by atoms with van der Waals surface area (Å²) in [7, 11) is 3.83. The summed E-state index contributed by atoms with van der Waals surface area (Å²) in [5.74, 6) is 0.915. The molecule has 2 unspecified atom stereocenters. The van der Waals surface area contributed by atoms with Crippen molar-refractivity contribution >= 4 is 0 Å². The van der Waals surface area contributed by atoms with Crippen LogP contribution in [0.2, 0.25) is 0 Å². The second-order valence-corrected chi connectivity index (χ2v) is 4.42. The number of hydrogen-bond acceptors (Lipinski definition) is 3. The third kappa shape index (κ3) is 3.20. The number of hydrogen-bond donors (Lipinski definition) is 1. The zero-order chi connectivity index (χ0) is 12.8. The Morgan fingerprint density at radius 1 is 1.35 bits per heavy atom. The van der Waals surface area contributed by atoms with Crippen LogP contribution in [0.3, 0.4) is 0 Å². The topological polar surface area (TPSA) is 38.5 Å². The Labute approximate surface area is 105 Å². The van der Waals surface area contributed by atoms with Crippen molar-refractivity contribution in [3.8, 4) is 5.75 Å². The standard InChI is InChI=1S/C14H24N2O/c1-5-11(2)16(3)13(10-15)12-8-6-7-9-14(12)17-4/h6-9,11,13H,5,10,15H2,1-4H3. The van der Waals surface area contributed by atoms with Crippen molar-refractivity contribution in [1.82, 2.24) is 4.90 Å². The van der Waals surface area contributed by atoms with Gasteiger partial charge < -0.3 is 10.5 Å². The summed E-state index contributed by atoms with van der Waals surface area (Å²) in [6.07, 6.45) is 1.11. The predicted octanol–water partition coefficient (Wildman–Crippen LogP) is 2.43. The summed E-state index contributed by atoms with van der Waals surface area (Å²) in [6.45, 7) is 5.01. The molecule has 0 aromatic heterocycles. The van der Waals surface area contributed by atoms with E-state index in [0.29, 0.717) is 12.6 Å². The number of benzene rings is 1. The normalized spacial score (nSPS) is 14.7. The smallest absolute Gasteiger partial charge is 0.123 e. The first-order chi connectivity index (χ1) is 8.15. The lowest BCUT2D eigenvalue weighted by Crippen LogP contribution is -2.36. The van der Waals surface area contributed by atoms with Crippen molar-refractivity contribution in [2.45, 2.75) is 32.4 Å². The van der Waals surface area contributed by atoms with E-state index >= 15 is 0 Å². The summed E-state index contributed by atoms with van der Waals surface area (Å²) in [5.41, 5.74) is 7.09. The van der Waals surface area contributed by atoms with Crippen LogP contribution in [0.4, 0.5) is 0 Å². The summed E-state index contributed by atoms with van der Waals surface area (Å²) in [6, 6.07) is 8.82. The SMILES string of the molecule is CCC(C)N(C)C(CN)c1ccccc1OC. The Kier molecular flexibility index (Phi) is 5.45. The summed E-state index contributed by atoms with van der Waals surface area (Å²) in [5, 5.41) is 0. The summed E-state index contributed by atoms with van der Waals surface area (Å²) in [4.78, 5) is 2.32. The van der Waals surface area contributed by atoms with Crippen LogP contribution in [0.25, 0.3) is 0 Å². The molecule has 0 saturated carbocycles. The van der Waals surface area contributed by atoms with Crippen LogP contribution in [0.1, 0.15) is 31.9 Å². The van der Waals surface area contributed by atoms with Gasteiger partial charge >= 0.3 is 0 Å². The molecule has 17 heavy (non-hydrogen) atoms. The Balaban J connectivity index is 3.00. The van der Waals surface area contributed by atoms with Gasteiger partial charge in [0.25, 0.3) is 0 Å². The molecule has 0 aliphatic rings. The van der Waals surface area contributed by atoms with Crippen molar-refractivity contribution in [1.29, 1.82) is 0 Å². The van der Waals surface area contributed by atoms with Gasteiger partial charge in [0.15, 0.2) is 0 Å². The zero-order valence-electron chi connectivity index (χ0n) is 11.3. The maximum atomic E-state index is 5.92. The minimum absolute atomic E-state index is 0.209. The molecule has 0 amide bonds. The van der Waals surface area contributed by atoms with E-state index in [4.69, 9.17) is 10.5 Å². The van der Waals surface area contributed by atoms with Crippen molar-refractivity contribution in [2.75, 3.05) is 20.7 Å². The Morgan fingerprint density at radius 3 is 2.53 bits per heavy atom. The van der Waals surface area contributed by atoms with Gasteiger partial charge in [0, 0.05) is 18.2 Å². The average Bonchev–Trinajstić information content (AvgIpc) is 2.39. The van der Waals surface area contributed by atoms with Gasteiger partial charge in [0.2, 0.25) is 0 Å². The predicted molar refractivity (Wildman–Crippen MR) is 72.3 cm³/mol. The minimum Gasteiger partial charge on any atom is -0.496 e. The van der Waals surface area contributed by atoms with Crippen molar-refractivity contribution in [2.24, 2.45) is 5.73 Å². The number of nitrogens with zero attached hydrogens (tertiary/aromatic N) is 1. The summed E-state index contributed by atoms with van der Waals surface area (Å²) >= 11 is 0. The van der Waals surface area contributed by atoms with Gasteiger partial charge in [-0.15, -0.1) is 0 Å². The molecular weight excluding hydrogens is 212 g/mol. The molecule has 0 spiro atoms. The first kappa shape index (κ1) is 14.0. The molecule has 0 radical (unpaired) electrons. The number of rotatable bonds is 6. The molecule has 2 atom stereocenters. The van der Waals surface area contributed by atoms with Crippen LogP contribution in [-0.2, 0) is 0 Å². The van der Waals surface area contributed by atoms with Crippen molar-refractivity contribution in [3.05, 3.63) is 29.8 Å². The number of likely N-dealkylation sites (N-methyl/N-ethyl adjacent to an activating group) is 1. The molecule has 1 aromatic carbocycles. The molecule has 0 fully saturated rings. The molecule has 0 bridgehead atoms. The van der Waals surface area contributed by atoms with Crippen LogP contribution in [0.5, 0.6) is 5.75 Å². The Bertz CT molecular complexity index is 341. The van der Waals surface area contributed by atoms with E-state index in [9.17, 15) is 0 Å². The number of ether oxygens (including phenoxy) is 1. The van der Waals surface area contributed by atoms with Gasteiger partial charge in [-0.2, -0.15) is 0 Å². The van der Waals surface area contributed by atoms with Gasteiger partial charge in [0.05, 0.1) is 13.2 Å². The third-order valence-corrected chi connectivity index (χ3v) is 3.50. The molecule has 3 heteroatoms. The highest BCUT2D eigenvalue weighted by Gasteiger charge is 2.21. The molecule has 0 heterocycles. The lowest BCUT2D eigenvalue weighted by molar-refractivity contribution is 0.181.